The molecule has 0 N–H and O–H groups in total. The zero-order valence-corrected chi connectivity index (χ0v) is 60.7. The largest absolute Gasteiger partial charge is 0.414 e. The Morgan fingerprint density at radius 2 is 1.08 bits per heavy atom. The van der Waals surface area contributed by atoms with E-state index in [1.165, 1.54) is 32.7 Å². The van der Waals surface area contributed by atoms with Crippen LogP contribution < -0.4 is 9.78 Å². The molecule has 442 valence electrons. The third kappa shape index (κ3) is 23.9. The molecule has 7 heterocycles. The van der Waals surface area contributed by atoms with Gasteiger partial charge in [-0.1, -0.05) is 60.2 Å². The van der Waals surface area contributed by atoms with Gasteiger partial charge in [0, 0.05) is 191 Å². The molecule has 0 aliphatic heterocycles. The zero-order chi connectivity index (χ0) is 54.7. The van der Waals surface area contributed by atoms with Gasteiger partial charge < -0.3 is 10.1 Å². The van der Waals surface area contributed by atoms with E-state index in [0.717, 1.165) is 63.5 Å². The van der Waals surface area contributed by atoms with Gasteiger partial charge in [-0.05, 0) is 84.1 Å². The van der Waals surface area contributed by atoms with Crippen molar-refractivity contribution >= 4 is 43.8 Å². The summed E-state index contributed by atoms with van der Waals surface area (Å²) in [7, 11) is 0. The van der Waals surface area contributed by atoms with Crippen molar-refractivity contribution in [3.63, 3.8) is 0 Å². The van der Waals surface area contributed by atoms with E-state index in [-0.39, 0.29) is 121 Å². The fourth-order valence-electron chi connectivity index (χ4n) is 7.95. The first kappa shape index (κ1) is 73.7. The molecule has 0 aliphatic rings. The van der Waals surface area contributed by atoms with Crippen LogP contribution in [0.25, 0.3) is 43.1 Å². The summed E-state index contributed by atoms with van der Waals surface area (Å²) in [5.41, 5.74) is 9.24. The molecule has 0 saturated heterocycles. The number of rotatable bonds is 8. The molecule has 9 nitrogen and oxygen atoms in total. The van der Waals surface area contributed by atoms with Crippen LogP contribution in [0.15, 0.2) is 273 Å². The van der Waals surface area contributed by atoms with E-state index in [1.807, 2.05) is 182 Å². The standard InChI is InChI=1S/C16H12N.C13H9N2.C13H8N.C12H10N.C9H7N2.C7H5N2S.6Ir/c1-2-6-13(7-3-1)10-16-11-14-8-4-5-9-15(14)12-17-16;14-10-12-6-4-11(5-7-12)9-13-3-1-2-8-15-13;1-2-6-12-10(4-1)7-8-11-5-3-9-14-13(11)12;1-2-6-11(7-3-1)10-12-8-4-5-9-13-12;1-2-5-9(6-3-1)11-8-4-7-10-11;1-3-7(10-6-1)9-5-2-4-8-9;;;;;;/h1-6,8-9,11-12H,10H2;1-4,6-8H,9H2;1-5,7-9H;1-6,8-9H,10H2;1-5,7-8H;1-2,4-6H;;;;;;/q6*-1;;;;;;. The predicted molar refractivity (Wildman–Crippen MR) is 318 cm³/mol. The molecule has 0 spiro atoms. The maximum absolute atomic E-state index is 8.64. The first-order chi connectivity index (χ1) is 39.6. The van der Waals surface area contributed by atoms with E-state index in [2.05, 4.69) is 133 Å². The van der Waals surface area contributed by atoms with E-state index < -0.39 is 0 Å². The smallest absolute Gasteiger partial charge is 0.161 e. The van der Waals surface area contributed by atoms with Crippen molar-refractivity contribution in [1.82, 2.24) is 34.8 Å². The molecule has 86 heavy (non-hydrogen) atoms. The molecule has 0 amide bonds. The van der Waals surface area contributed by atoms with Gasteiger partial charge in [0.05, 0.1) is 5.69 Å². The minimum atomic E-state index is 0. The van der Waals surface area contributed by atoms with Crippen molar-refractivity contribution in [2.75, 3.05) is 0 Å². The van der Waals surface area contributed by atoms with Crippen molar-refractivity contribution in [2.45, 2.75) is 19.3 Å². The van der Waals surface area contributed by atoms with Crippen LogP contribution in [0.3, 0.4) is 0 Å². The average molecular weight is 2200 g/mol. The molecule has 0 aliphatic carbocycles. The molecule has 0 unspecified atom stereocenters. The first-order valence-electron chi connectivity index (χ1n) is 25.6. The second-order valence-corrected chi connectivity index (χ2v) is 18.4. The van der Waals surface area contributed by atoms with E-state index >= 15 is 0 Å². The second-order valence-electron chi connectivity index (χ2n) is 17.5. The predicted octanol–water partition coefficient (Wildman–Crippen LogP) is 14.1. The Kier molecular flexibility index (Phi) is 35.6. The van der Waals surface area contributed by atoms with Crippen LogP contribution in [0.1, 0.15) is 39.3 Å². The SMILES string of the molecule is N#Cc1c[c-]c(Cc2ccccn2)cc1.[Ir].[Ir].[Ir].[Ir].[Ir].[Ir].[c-]1cccc2ccc3cccnc3c12.[c-]1ccccc1-[n+]1ccc[n-]1.[c-]1ccccc1Cc1cc2ccccc2cn1.[c-]1ccccc1Cc1ccccn1.[c-]1ccsc1-n1cccn1. The molecule has 7 aromatic carbocycles. The summed E-state index contributed by atoms with van der Waals surface area (Å²) in [6.07, 6.45) is 17.1. The molecule has 6 radical (unpaired) electrons. The van der Waals surface area contributed by atoms with E-state index in [4.69, 9.17) is 5.26 Å². The summed E-state index contributed by atoms with van der Waals surface area (Å²) in [6, 6.07) is 92.3. The summed E-state index contributed by atoms with van der Waals surface area (Å²) in [5, 5.41) is 25.7. The fraction of sp³-hybridized carbons (Fsp3) is 0.0429. The normalized spacial score (nSPS) is 9.43. The number of aromatic nitrogens is 8. The molecular formula is C70H51Ir6N9S-6. The van der Waals surface area contributed by atoms with Crippen molar-refractivity contribution in [1.29, 1.82) is 5.26 Å². The van der Waals surface area contributed by atoms with Gasteiger partial charge in [-0.25, -0.2) is 28.7 Å². The monoisotopic (exact) mass is 2210 g/mol. The first-order valence-corrected chi connectivity index (χ1v) is 26.5. The number of pyridine rings is 4. The molecule has 0 fully saturated rings. The summed E-state index contributed by atoms with van der Waals surface area (Å²) in [4.78, 5) is 17.3. The summed E-state index contributed by atoms with van der Waals surface area (Å²) in [5.74, 6) is 0. The Hall–Kier alpha value is -6.57. The Morgan fingerprint density at radius 1 is 0.477 bits per heavy atom. The van der Waals surface area contributed by atoms with Crippen LogP contribution in [0, 0.1) is 47.7 Å². The minimum absolute atomic E-state index is 0. The number of nitrogens with zero attached hydrogens (tertiary/aromatic N) is 9. The Bertz CT molecular complexity index is 3910. The number of hydrogen-bond acceptors (Lipinski definition) is 7. The molecule has 16 heteroatoms. The van der Waals surface area contributed by atoms with Gasteiger partial charge in [-0.3, -0.25) is 24.3 Å². The van der Waals surface area contributed by atoms with Crippen LogP contribution in [-0.4, -0.2) is 29.7 Å². The Labute approximate surface area is 588 Å². The summed E-state index contributed by atoms with van der Waals surface area (Å²) in [6.45, 7) is 0. The molecule has 14 aromatic rings. The molecule has 0 saturated carbocycles. The topological polar surface area (TPSA) is 111 Å². The van der Waals surface area contributed by atoms with Crippen molar-refractivity contribution < 1.29 is 125 Å². The molecule has 0 atom stereocenters. The third-order valence-electron chi connectivity index (χ3n) is 11.8. The Morgan fingerprint density at radius 3 is 1.65 bits per heavy atom. The number of thiophene rings is 1. The number of benzene rings is 7. The average Bonchev–Trinajstić information content (AvgIpc) is 3.47. The van der Waals surface area contributed by atoms with E-state index in [9.17, 15) is 0 Å². The van der Waals surface area contributed by atoms with Crippen molar-refractivity contribution in [3.8, 4) is 16.8 Å². The number of nitriles is 1. The van der Waals surface area contributed by atoms with Crippen LogP contribution in [0.2, 0.25) is 0 Å². The van der Waals surface area contributed by atoms with Crippen LogP contribution in [-0.2, 0) is 140 Å². The van der Waals surface area contributed by atoms with E-state index in [1.54, 1.807) is 51.4 Å². The third-order valence-corrected chi connectivity index (χ3v) is 12.6. The molecule has 14 rings (SSSR count). The van der Waals surface area contributed by atoms with Crippen LogP contribution >= 0.6 is 11.3 Å². The maximum atomic E-state index is 8.64. The summed E-state index contributed by atoms with van der Waals surface area (Å²) < 4.78 is 3.57. The van der Waals surface area contributed by atoms with Crippen LogP contribution in [0.5, 0.6) is 0 Å². The second kappa shape index (κ2) is 41.5. The van der Waals surface area contributed by atoms with Gasteiger partial charge in [0.25, 0.3) is 0 Å². The molecule has 7 aromatic heterocycles. The summed E-state index contributed by atoms with van der Waals surface area (Å²) >= 11 is 1.63. The zero-order valence-electron chi connectivity index (χ0n) is 45.5. The van der Waals surface area contributed by atoms with Crippen LogP contribution in [0.4, 0.5) is 0 Å². The van der Waals surface area contributed by atoms with Gasteiger partial charge in [0.15, 0.2) is 6.20 Å². The van der Waals surface area contributed by atoms with Crippen molar-refractivity contribution in [2.24, 2.45) is 0 Å². The van der Waals surface area contributed by atoms with Gasteiger partial charge in [0.1, 0.15) is 0 Å². The quantitative estimate of drug-likeness (QED) is 0.0846. The molecule has 0 bridgehead atoms. The number of fused-ring (bicyclic) bond motifs is 4. The van der Waals surface area contributed by atoms with Gasteiger partial charge >= 0.3 is 0 Å². The number of hydrogen-bond donors (Lipinski definition) is 0. The maximum Gasteiger partial charge on any atom is 0.161 e. The fourth-order valence-corrected chi connectivity index (χ4v) is 8.57. The van der Waals surface area contributed by atoms with E-state index in [0.29, 0.717) is 5.56 Å². The Balaban J connectivity index is 0.000000268. The minimum Gasteiger partial charge on any atom is -0.414 e. The van der Waals surface area contributed by atoms with Gasteiger partial charge in [0.2, 0.25) is 0 Å². The number of para-hydroxylation sites is 1. The van der Waals surface area contributed by atoms with Gasteiger partial charge in [-0.15, -0.1) is 53.4 Å². The molecular weight excluding hydrogens is 2150 g/mol. The van der Waals surface area contributed by atoms with Crippen molar-refractivity contribution in [3.05, 3.63) is 349 Å². The van der Waals surface area contributed by atoms with Gasteiger partial charge in [-0.2, -0.15) is 130 Å².